The molecule has 3 fully saturated rings. The number of nitrogens with one attached hydrogen (secondary N) is 1. The first-order chi connectivity index (χ1) is 14.6. The molecule has 3 aromatic rings. The molecule has 6 rings (SSSR count). The topological polar surface area (TPSA) is 79.6 Å². The van der Waals surface area contributed by atoms with Gasteiger partial charge in [-0.15, -0.1) is 0 Å². The van der Waals surface area contributed by atoms with Gasteiger partial charge in [-0.1, -0.05) is 18.2 Å². The molecule has 6 nitrogen and oxygen atoms in total. The van der Waals surface area contributed by atoms with Gasteiger partial charge in [-0.3, -0.25) is 19.3 Å². The van der Waals surface area contributed by atoms with Gasteiger partial charge in [0, 0.05) is 35.5 Å². The Kier molecular flexibility index (Phi) is 3.79. The van der Waals surface area contributed by atoms with Gasteiger partial charge in [-0.25, -0.2) is 0 Å². The number of likely N-dealkylation sites (tertiary alicyclic amines) is 1. The quantitative estimate of drug-likeness (QED) is 0.670. The standard InChI is InChI=1S/C24H22N2O4/c27-20(9-10-26-23(28)21-13-5-6-14(11-13)22(21)24(26)29)25-15-7-8-17-16-3-1-2-4-18(16)30-19(17)12-15/h1-4,7-8,12-14,21-22H,5-6,9-11H2,(H,25,27)/t13-,14-,21-,22-/m0/s1. The Hall–Kier alpha value is -3.15. The minimum absolute atomic E-state index is 0.0614. The maximum absolute atomic E-state index is 12.8. The van der Waals surface area contributed by atoms with E-state index in [2.05, 4.69) is 5.32 Å². The highest BCUT2D eigenvalue weighted by Gasteiger charge is 2.60. The second-order valence-electron chi connectivity index (χ2n) is 8.82. The van der Waals surface area contributed by atoms with Crippen molar-refractivity contribution < 1.29 is 18.8 Å². The number of amides is 3. The van der Waals surface area contributed by atoms with E-state index in [1.54, 1.807) is 0 Å². The molecule has 1 saturated heterocycles. The third-order valence-corrected chi connectivity index (χ3v) is 7.24. The summed E-state index contributed by atoms with van der Waals surface area (Å²) in [5.74, 6) is 0.134. The number of anilines is 1. The number of carbonyl (C=O) groups is 3. The van der Waals surface area contributed by atoms with Crippen LogP contribution in [0, 0.1) is 23.7 Å². The van der Waals surface area contributed by atoms with E-state index < -0.39 is 0 Å². The first-order valence-electron chi connectivity index (χ1n) is 10.7. The summed E-state index contributed by atoms with van der Waals surface area (Å²) in [7, 11) is 0. The summed E-state index contributed by atoms with van der Waals surface area (Å²) in [5, 5.41) is 4.90. The zero-order valence-electron chi connectivity index (χ0n) is 16.5. The fraction of sp³-hybridized carbons (Fsp3) is 0.375. The molecule has 3 amide bonds. The first-order valence-corrected chi connectivity index (χ1v) is 10.7. The Morgan fingerprint density at radius 3 is 2.43 bits per heavy atom. The summed E-state index contributed by atoms with van der Waals surface area (Å²) < 4.78 is 5.86. The van der Waals surface area contributed by atoms with E-state index >= 15 is 0 Å². The Labute approximate surface area is 173 Å². The number of fused-ring (bicyclic) bond motifs is 8. The highest BCUT2D eigenvalue weighted by Crippen LogP contribution is 2.56. The van der Waals surface area contributed by atoms with Gasteiger partial charge in [-0.05, 0) is 49.3 Å². The minimum Gasteiger partial charge on any atom is -0.456 e. The third kappa shape index (κ3) is 2.52. The molecule has 152 valence electrons. The summed E-state index contributed by atoms with van der Waals surface area (Å²) in [4.78, 5) is 39.3. The van der Waals surface area contributed by atoms with E-state index in [1.165, 1.54) is 4.90 Å². The number of nitrogens with zero attached hydrogens (tertiary/aromatic N) is 1. The summed E-state index contributed by atoms with van der Waals surface area (Å²) >= 11 is 0. The average Bonchev–Trinajstić information content (AvgIpc) is 3.49. The fourth-order valence-corrected chi connectivity index (χ4v) is 5.93. The van der Waals surface area contributed by atoms with Crippen molar-refractivity contribution in [1.82, 2.24) is 4.90 Å². The predicted octanol–water partition coefficient (Wildman–Crippen LogP) is 3.95. The van der Waals surface area contributed by atoms with Crippen molar-refractivity contribution in [3.8, 4) is 0 Å². The van der Waals surface area contributed by atoms with Crippen molar-refractivity contribution in [2.24, 2.45) is 23.7 Å². The molecule has 0 unspecified atom stereocenters. The highest BCUT2D eigenvalue weighted by molar-refractivity contribution is 6.07. The second-order valence-corrected chi connectivity index (χ2v) is 8.82. The van der Waals surface area contributed by atoms with E-state index in [0.717, 1.165) is 35.6 Å². The van der Waals surface area contributed by atoms with Crippen LogP contribution in [-0.4, -0.2) is 29.2 Å². The first kappa shape index (κ1) is 17.7. The van der Waals surface area contributed by atoms with E-state index in [1.807, 2.05) is 42.5 Å². The molecule has 0 radical (unpaired) electrons. The molecule has 2 aromatic carbocycles. The monoisotopic (exact) mass is 402 g/mol. The van der Waals surface area contributed by atoms with Crippen LogP contribution in [0.2, 0.25) is 0 Å². The number of para-hydroxylation sites is 1. The lowest BCUT2D eigenvalue weighted by atomic mass is 9.81. The molecule has 6 heteroatoms. The normalized spacial score (nSPS) is 27.4. The molecule has 2 saturated carbocycles. The van der Waals surface area contributed by atoms with Crippen molar-refractivity contribution in [3.63, 3.8) is 0 Å². The molecular formula is C24H22N2O4. The molecular weight excluding hydrogens is 380 g/mol. The Morgan fingerprint density at radius 1 is 0.967 bits per heavy atom. The maximum atomic E-state index is 12.8. The number of carbonyl (C=O) groups excluding carboxylic acids is 3. The van der Waals surface area contributed by atoms with Crippen LogP contribution in [0.25, 0.3) is 21.9 Å². The van der Waals surface area contributed by atoms with Crippen LogP contribution in [0.4, 0.5) is 5.69 Å². The molecule has 30 heavy (non-hydrogen) atoms. The van der Waals surface area contributed by atoms with Gasteiger partial charge in [0.2, 0.25) is 17.7 Å². The lowest BCUT2D eigenvalue weighted by Gasteiger charge is -2.19. The SMILES string of the molecule is O=C(CCN1C(=O)[C@H]2[C@H]3CC[C@@H](C3)[C@@H]2C1=O)Nc1ccc2c(c1)oc1ccccc12. The zero-order valence-corrected chi connectivity index (χ0v) is 16.5. The van der Waals surface area contributed by atoms with Gasteiger partial charge in [0.15, 0.2) is 0 Å². The van der Waals surface area contributed by atoms with Crippen LogP contribution in [0.15, 0.2) is 46.9 Å². The minimum atomic E-state index is -0.217. The van der Waals surface area contributed by atoms with Crippen LogP contribution in [-0.2, 0) is 14.4 Å². The molecule has 4 atom stereocenters. The van der Waals surface area contributed by atoms with Gasteiger partial charge >= 0.3 is 0 Å². The third-order valence-electron chi connectivity index (χ3n) is 7.24. The van der Waals surface area contributed by atoms with Crippen molar-refractivity contribution in [3.05, 3.63) is 42.5 Å². The number of hydrogen-bond acceptors (Lipinski definition) is 4. The zero-order chi connectivity index (χ0) is 20.4. The van der Waals surface area contributed by atoms with Gasteiger partial charge in [0.1, 0.15) is 11.2 Å². The van der Waals surface area contributed by atoms with E-state index in [4.69, 9.17) is 4.42 Å². The summed E-state index contributed by atoms with van der Waals surface area (Å²) in [6, 6.07) is 13.4. The van der Waals surface area contributed by atoms with Crippen LogP contribution in [0.5, 0.6) is 0 Å². The number of furan rings is 1. The van der Waals surface area contributed by atoms with Gasteiger partial charge < -0.3 is 9.73 Å². The molecule has 2 bridgehead atoms. The molecule has 0 spiro atoms. The number of rotatable bonds is 4. The van der Waals surface area contributed by atoms with Crippen molar-refractivity contribution in [2.75, 3.05) is 11.9 Å². The Balaban J connectivity index is 1.14. The highest BCUT2D eigenvalue weighted by atomic mass is 16.3. The van der Waals surface area contributed by atoms with Gasteiger partial charge in [0.05, 0.1) is 11.8 Å². The smallest absolute Gasteiger partial charge is 0.233 e. The van der Waals surface area contributed by atoms with Crippen molar-refractivity contribution in [2.45, 2.75) is 25.7 Å². The number of imide groups is 1. The lowest BCUT2D eigenvalue weighted by Crippen LogP contribution is -2.35. The molecule has 2 heterocycles. The average molecular weight is 402 g/mol. The summed E-state index contributed by atoms with van der Waals surface area (Å²) in [6.45, 7) is 0.156. The van der Waals surface area contributed by atoms with Crippen LogP contribution < -0.4 is 5.32 Å². The fourth-order valence-electron chi connectivity index (χ4n) is 5.93. The predicted molar refractivity (Wildman–Crippen MR) is 111 cm³/mol. The number of benzene rings is 2. The maximum Gasteiger partial charge on any atom is 0.233 e. The molecule has 1 aromatic heterocycles. The van der Waals surface area contributed by atoms with E-state index in [9.17, 15) is 14.4 Å². The molecule has 2 aliphatic carbocycles. The van der Waals surface area contributed by atoms with Crippen LogP contribution in [0.1, 0.15) is 25.7 Å². The van der Waals surface area contributed by atoms with E-state index in [-0.39, 0.29) is 42.5 Å². The Morgan fingerprint density at radius 2 is 1.67 bits per heavy atom. The van der Waals surface area contributed by atoms with E-state index in [0.29, 0.717) is 23.1 Å². The van der Waals surface area contributed by atoms with Crippen molar-refractivity contribution >= 4 is 45.3 Å². The van der Waals surface area contributed by atoms with Crippen LogP contribution >= 0.6 is 0 Å². The lowest BCUT2D eigenvalue weighted by molar-refractivity contribution is -0.140. The molecule has 3 aliphatic rings. The number of hydrogen-bond donors (Lipinski definition) is 1. The molecule has 1 N–H and O–H groups in total. The summed E-state index contributed by atoms with van der Waals surface area (Å²) in [5.41, 5.74) is 2.16. The summed E-state index contributed by atoms with van der Waals surface area (Å²) in [6.07, 6.45) is 3.24. The van der Waals surface area contributed by atoms with Gasteiger partial charge in [-0.2, -0.15) is 0 Å². The Bertz CT molecular complexity index is 1180. The largest absolute Gasteiger partial charge is 0.456 e. The molecule has 1 aliphatic heterocycles. The van der Waals surface area contributed by atoms with Gasteiger partial charge in [0.25, 0.3) is 0 Å². The van der Waals surface area contributed by atoms with Crippen LogP contribution in [0.3, 0.4) is 0 Å². The van der Waals surface area contributed by atoms with Crippen molar-refractivity contribution in [1.29, 1.82) is 0 Å². The second kappa shape index (κ2) is 6.42.